The van der Waals surface area contributed by atoms with Gasteiger partial charge in [-0.25, -0.2) is 0 Å². The largest absolute Gasteiger partial charge is 0.481 e. The van der Waals surface area contributed by atoms with Crippen LogP contribution in [0.15, 0.2) is 0 Å². The van der Waals surface area contributed by atoms with Gasteiger partial charge >= 0.3 is 11.9 Å². The van der Waals surface area contributed by atoms with Crippen LogP contribution in [0.1, 0.15) is 130 Å². The van der Waals surface area contributed by atoms with Crippen molar-refractivity contribution in [2.45, 2.75) is 136 Å². The summed E-state index contributed by atoms with van der Waals surface area (Å²) in [5.74, 6) is -2.74. The maximum Gasteiger partial charge on any atom is 0.317 e. The molecule has 0 spiro atoms. The number of rotatable bonds is 19. The summed E-state index contributed by atoms with van der Waals surface area (Å²) in [4.78, 5) is 35.7. The van der Waals surface area contributed by atoms with Gasteiger partial charge in [-0.15, -0.1) is 0 Å². The minimum absolute atomic E-state index is 0.0154. The molecular weight excluding hydrogens is 380 g/mol. The van der Waals surface area contributed by atoms with Crippen LogP contribution in [0.5, 0.6) is 0 Å². The first kappa shape index (κ1) is 28.6. The molecule has 0 amide bonds. The molecule has 0 heterocycles. The van der Waals surface area contributed by atoms with Crippen LogP contribution >= 0.6 is 0 Å². The summed E-state index contributed by atoms with van der Waals surface area (Å²) >= 11 is 0. The van der Waals surface area contributed by atoms with Crippen LogP contribution in [0, 0.1) is 5.92 Å². The summed E-state index contributed by atoms with van der Waals surface area (Å²) < 4.78 is 5.32. The van der Waals surface area contributed by atoms with Gasteiger partial charge < -0.3 is 9.84 Å². The Morgan fingerprint density at radius 2 is 1.17 bits per heavy atom. The highest BCUT2D eigenvalue weighted by molar-refractivity contribution is 5.99. The highest BCUT2D eigenvalue weighted by Crippen LogP contribution is 2.19. The fourth-order valence-electron chi connectivity index (χ4n) is 3.54. The van der Waals surface area contributed by atoms with Crippen LogP contribution in [-0.2, 0) is 19.1 Å². The van der Waals surface area contributed by atoms with Gasteiger partial charge in [0.1, 0.15) is 17.3 Å². The molecule has 0 fully saturated rings. The quantitative estimate of drug-likeness (QED) is 0.139. The van der Waals surface area contributed by atoms with Crippen LogP contribution in [0.3, 0.4) is 0 Å². The molecule has 0 aliphatic carbocycles. The monoisotopic (exact) mass is 426 g/mol. The third-order valence-electron chi connectivity index (χ3n) is 5.25. The van der Waals surface area contributed by atoms with Crippen molar-refractivity contribution in [2.24, 2.45) is 5.92 Å². The fraction of sp³-hybridized carbons (Fsp3) is 0.880. The number of ether oxygens (including phenoxy) is 1. The van der Waals surface area contributed by atoms with Crippen LogP contribution in [0.2, 0.25) is 0 Å². The van der Waals surface area contributed by atoms with Gasteiger partial charge in [0.05, 0.1) is 0 Å². The van der Waals surface area contributed by atoms with E-state index in [9.17, 15) is 14.4 Å². The zero-order valence-corrected chi connectivity index (χ0v) is 20.0. The fourth-order valence-corrected chi connectivity index (χ4v) is 3.54. The predicted octanol–water partition coefficient (Wildman–Crippen LogP) is 6.86. The Kier molecular flexibility index (Phi) is 16.5. The second-order valence-corrected chi connectivity index (χ2v) is 9.48. The SMILES string of the molecule is CCCCCCCCCCCCCCCC(=O)C(CCC(=O)O)C(=O)OC(C)(C)C. The highest BCUT2D eigenvalue weighted by Gasteiger charge is 2.30. The summed E-state index contributed by atoms with van der Waals surface area (Å²) in [5, 5.41) is 8.89. The Balaban J connectivity index is 3.95. The molecule has 0 aliphatic heterocycles. The van der Waals surface area contributed by atoms with Gasteiger partial charge in [0.25, 0.3) is 0 Å². The number of Topliss-reactive ketones (excluding diaryl/α,β-unsaturated/α-hetero) is 1. The molecule has 5 nitrogen and oxygen atoms in total. The molecule has 5 heteroatoms. The zero-order valence-electron chi connectivity index (χ0n) is 20.0. The lowest BCUT2D eigenvalue weighted by molar-refractivity contribution is -0.162. The molecular formula is C25H46O5. The first-order chi connectivity index (χ1) is 14.2. The number of aliphatic carboxylic acids is 1. The lowest BCUT2D eigenvalue weighted by Crippen LogP contribution is -2.33. The second kappa shape index (κ2) is 17.3. The topological polar surface area (TPSA) is 80.7 Å². The lowest BCUT2D eigenvalue weighted by Gasteiger charge is -2.23. The third kappa shape index (κ3) is 17.5. The highest BCUT2D eigenvalue weighted by atomic mass is 16.6. The van der Waals surface area contributed by atoms with Crippen LogP contribution in [0.4, 0.5) is 0 Å². The summed E-state index contributed by atoms with van der Waals surface area (Å²) in [6, 6.07) is 0. The third-order valence-corrected chi connectivity index (χ3v) is 5.25. The summed E-state index contributed by atoms with van der Waals surface area (Å²) in [6.45, 7) is 7.48. The number of carbonyl (C=O) groups is 3. The van der Waals surface area contributed by atoms with Crippen molar-refractivity contribution in [3.05, 3.63) is 0 Å². The van der Waals surface area contributed by atoms with Crippen molar-refractivity contribution >= 4 is 17.7 Å². The van der Waals surface area contributed by atoms with Crippen molar-refractivity contribution in [1.82, 2.24) is 0 Å². The van der Waals surface area contributed by atoms with E-state index in [1.807, 2.05) is 0 Å². The van der Waals surface area contributed by atoms with Gasteiger partial charge in [0, 0.05) is 12.8 Å². The molecule has 0 rings (SSSR count). The van der Waals surface area contributed by atoms with Crippen LogP contribution < -0.4 is 0 Å². The van der Waals surface area contributed by atoms with Gasteiger partial charge in [-0.1, -0.05) is 84.0 Å². The van der Waals surface area contributed by atoms with Gasteiger partial charge in [-0.3, -0.25) is 14.4 Å². The van der Waals surface area contributed by atoms with E-state index >= 15 is 0 Å². The molecule has 1 unspecified atom stereocenters. The molecule has 1 N–H and O–H groups in total. The molecule has 0 saturated carbocycles. The van der Waals surface area contributed by atoms with Crippen LogP contribution in [-0.4, -0.2) is 28.4 Å². The summed E-state index contributed by atoms with van der Waals surface area (Å²) in [5.41, 5.74) is -0.686. The maximum atomic E-state index is 12.5. The molecule has 1 atom stereocenters. The molecule has 30 heavy (non-hydrogen) atoms. The number of ketones is 1. The number of esters is 1. The summed E-state index contributed by atoms with van der Waals surface area (Å²) in [7, 11) is 0. The summed E-state index contributed by atoms with van der Waals surface area (Å²) in [6.07, 6.45) is 16.2. The molecule has 0 aliphatic rings. The number of carbonyl (C=O) groups excluding carboxylic acids is 2. The number of hydrogen-bond acceptors (Lipinski definition) is 4. The average Bonchev–Trinajstić information content (AvgIpc) is 2.64. The Hall–Kier alpha value is -1.39. The number of hydrogen-bond donors (Lipinski definition) is 1. The normalized spacial score (nSPS) is 12.5. The molecule has 0 bridgehead atoms. The molecule has 0 saturated heterocycles. The van der Waals surface area contributed by atoms with Gasteiger partial charge in [0.2, 0.25) is 0 Å². The van der Waals surface area contributed by atoms with Crippen molar-refractivity contribution in [1.29, 1.82) is 0 Å². The first-order valence-corrected chi connectivity index (χ1v) is 12.1. The van der Waals surface area contributed by atoms with E-state index < -0.39 is 23.5 Å². The standard InChI is InChI=1S/C25H46O5/c1-5-6-7-8-9-10-11-12-13-14-15-16-17-18-22(26)21(19-20-23(27)28)24(29)30-25(2,3)4/h21H,5-20H2,1-4H3,(H,27,28). The molecule has 0 radical (unpaired) electrons. The van der Waals surface area contributed by atoms with Gasteiger partial charge in [0.15, 0.2) is 0 Å². The molecule has 0 aromatic heterocycles. The lowest BCUT2D eigenvalue weighted by atomic mass is 9.94. The smallest absolute Gasteiger partial charge is 0.317 e. The van der Waals surface area contributed by atoms with Crippen molar-refractivity contribution in [3.8, 4) is 0 Å². The van der Waals surface area contributed by atoms with E-state index in [2.05, 4.69) is 6.92 Å². The zero-order chi connectivity index (χ0) is 22.8. The van der Waals surface area contributed by atoms with Crippen LogP contribution in [0.25, 0.3) is 0 Å². The average molecular weight is 427 g/mol. The van der Waals surface area contributed by atoms with Crippen molar-refractivity contribution in [2.75, 3.05) is 0 Å². The Labute approximate surface area is 184 Å². The molecule has 0 aromatic rings. The van der Waals surface area contributed by atoms with E-state index in [1.165, 1.54) is 64.2 Å². The first-order valence-electron chi connectivity index (χ1n) is 12.1. The maximum absolute atomic E-state index is 12.5. The van der Waals surface area contributed by atoms with E-state index in [1.54, 1.807) is 20.8 Å². The Morgan fingerprint density at radius 3 is 1.57 bits per heavy atom. The Bertz CT molecular complexity index is 478. The number of unbranched alkanes of at least 4 members (excludes halogenated alkanes) is 12. The van der Waals surface area contributed by atoms with Crippen molar-refractivity contribution < 1.29 is 24.2 Å². The number of carboxylic acids is 1. The molecule has 0 aromatic carbocycles. The van der Waals surface area contributed by atoms with Crippen molar-refractivity contribution in [3.63, 3.8) is 0 Å². The molecule has 176 valence electrons. The Morgan fingerprint density at radius 1 is 0.733 bits per heavy atom. The van der Waals surface area contributed by atoms with E-state index in [4.69, 9.17) is 9.84 Å². The van der Waals surface area contributed by atoms with Gasteiger partial charge in [-0.05, 0) is 33.6 Å². The van der Waals surface area contributed by atoms with Gasteiger partial charge in [-0.2, -0.15) is 0 Å². The van der Waals surface area contributed by atoms with E-state index in [0.29, 0.717) is 6.42 Å². The minimum Gasteiger partial charge on any atom is -0.481 e. The second-order valence-electron chi connectivity index (χ2n) is 9.48. The van der Waals surface area contributed by atoms with E-state index in [-0.39, 0.29) is 18.6 Å². The predicted molar refractivity (Wildman–Crippen MR) is 122 cm³/mol. The minimum atomic E-state index is -1.00. The number of carboxylic acid groups (broad SMARTS) is 1. The van der Waals surface area contributed by atoms with E-state index in [0.717, 1.165) is 19.3 Å².